The zero-order valence-corrected chi connectivity index (χ0v) is 7.95. The molecule has 0 aliphatic carbocycles. The van der Waals surface area contributed by atoms with Crippen LogP contribution >= 0.6 is 0 Å². The first-order chi connectivity index (χ1) is 6.27. The predicted molar refractivity (Wildman–Crippen MR) is 48.6 cm³/mol. The SMILES string of the molecule is COc1nn(C)cc1CNCCO. The van der Waals surface area contributed by atoms with Crippen LogP contribution in [0.15, 0.2) is 6.20 Å². The van der Waals surface area contributed by atoms with E-state index in [9.17, 15) is 0 Å². The van der Waals surface area contributed by atoms with Gasteiger partial charge in [0.1, 0.15) is 0 Å². The number of aliphatic hydroxyl groups excluding tert-OH is 1. The fourth-order valence-electron chi connectivity index (χ4n) is 1.11. The molecule has 0 fully saturated rings. The Labute approximate surface area is 77.3 Å². The second kappa shape index (κ2) is 4.84. The van der Waals surface area contributed by atoms with Gasteiger partial charge in [0.25, 0.3) is 0 Å². The Morgan fingerprint density at radius 2 is 2.46 bits per heavy atom. The van der Waals surface area contributed by atoms with Crippen LogP contribution in [-0.2, 0) is 13.6 Å². The molecule has 0 saturated heterocycles. The lowest BCUT2D eigenvalue weighted by molar-refractivity contribution is 0.291. The first kappa shape index (κ1) is 10.0. The van der Waals surface area contributed by atoms with E-state index in [1.54, 1.807) is 11.8 Å². The summed E-state index contributed by atoms with van der Waals surface area (Å²) in [6.45, 7) is 1.39. The van der Waals surface area contributed by atoms with Crippen molar-refractivity contribution in [1.29, 1.82) is 0 Å². The van der Waals surface area contributed by atoms with Gasteiger partial charge in [-0.05, 0) is 0 Å². The van der Waals surface area contributed by atoms with Gasteiger partial charge in [-0.3, -0.25) is 4.68 Å². The molecule has 0 bridgehead atoms. The zero-order chi connectivity index (χ0) is 9.68. The normalized spacial score (nSPS) is 10.4. The van der Waals surface area contributed by atoms with Gasteiger partial charge in [-0.1, -0.05) is 0 Å². The van der Waals surface area contributed by atoms with Crippen LogP contribution in [-0.4, -0.2) is 35.1 Å². The first-order valence-electron chi connectivity index (χ1n) is 4.16. The van der Waals surface area contributed by atoms with Crippen molar-refractivity contribution in [2.75, 3.05) is 20.3 Å². The van der Waals surface area contributed by atoms with Crippen LogP contribution in [0.2, 0.25) is 0 Å². The van der Waals surface area contributed by atoms with Crippen molar-refractivity contribution in [2.24, 2.45) is 7.05 Å². The van der Waals surface area contributed by atoms with Crippen LogP contribution in [0.1, 0.15) is 5.56 Å². The lowest BCUT2D eigenvalue weighted by Gasteiger charge is -2.01. The number of hydrogen-bond donors (Lipinski definition) is 2. The number of rotatable bonds is 5. The molecule has 5 heteroatoms. The molecule has 1 aromatic rings. The van der Waals surface area contributed by atoms with Gasteiger partial charge >= 0.3 is 0 Å². The maximum absolute atomic E-state index is 8.56. The van der Waals surface area contributed by atoms with Crippen molar-refractivity contribution in [1.82, 2.24) is 15.1 Å². The van der Waals surface area contributed by atoms with Crippen molar-refractivity contribution < 1.29 is 9.84 Å². The standard InChI is InChI=1S/C8H15N3O2/c1-11-6-7(5-9-3-4-12)8(10-11)13-2/h6,9,12H,3-5H2,1-2H3. The second-order valence-electron chi connectivity index (χ2n) is 2.74. The van der Waals surface area contributed by atoms with Gasteiger partial charge < -0.3 is 15.2 Å². The molecule has 13 heavy (non-hydrogen) atoms. The van der Waals surface area contributed by atoms with E-state index < -0.39 is 0 Å². The largest absolute Gasteiger partial charge is 0.480 e. The molecule has 0 aromatic carbocycles. The number of aromatic nitrogens is 2. The minimum atomic E-state index is 0.141. The molecule has 0 radical (unpaired) electrons. The Bertz CT molecular complexity index is 260. The first-order valence-corrected chi connectivity index (χ1v) is 4.16. The average molecular weight is 185 g/mol. The second-order valence-corrected chi connectivity index (χ2v) is 2.74. The molecule has 0 aliphatic rings. The summed E-state index contributed by atoms with van der Waals surface area (Å²) >= 11 is 0. The summed E-state index contributed by atoms with van der Waals surface area (Å²) in [5.41, 5.74) is 0.999. The van der Waals surface area contributed by atoms with Crippen LogP contribution in [0, 0.1) is 0 Å². The molecule has 2 N–H and O–H groups in total. The Kier molecular flexibility index (Phi) is 3.72. The molecule has 0 spiro atoms. The maximum Gasteiger partial charge on any atom is 0.237 e. The fraction of sp³-hybridized carbons (Fsp3) is 0.625. The van der Waals surface area contributed by atoms with E-state index in [1.807, 2.05) is 13.2 Å². The monoisotopic (exact) mass is 185 g/mol. The van der Waals surface area contributed by atoms with Gasteiger partial charge in [-0.25, -0.2) is 0 Å². The van der Waals surface area contributed by atoms with E-state index in [0.29, 0.717) is 19.0 Å². The number of aliphatic hydroxyl groups is 1. The van der Waals surface area contributed by atoms with Crippen LogP contribution in [0.25, 0.3) is 0 Å². The summed E-state index contributed by atoms with van der Waals surface area (Å²) in [5, 5.41) is 15.7. The molecule has 0 saturated carbocycles. The van der Waals surface area contributed by atoms with Crippen LogP contribution < -0.4 is 10.1 Å². The third-order valence-corrected chi connectivity index (χ3v) is 1.66. The van der Waals surface area contributed by atoms with Gasteiger partial charge in [0.2, 0.25) is 5.88 Å². The highest BCUT2D eigenvalue weighted by Crippen LogP contribution is 2.13. The highest BCUT2D eigenvalue weighted by molar-refractivity contribution is 5.22. The van der Waals surface area contributed by atoms with E-state index in [2.05, 4.69) is 10.4 Å². The number of aryl methyl sites for hydroxylation is 1. The van der Waals surface area contributed by atoms with Gasteiger partial charge in [0.05, 0.1) is 13.7 Å². The van der Waals surface area contributed by atoms with E-state index in [0.717, 1.165) is 5.56 Å². The number of nitrogens with one attached hydrogen (secondary N) is 1. The van der Waals surface area contributed by atoms with Crippen LogP contribution in [0.4, 0.5) is 0 Å². The predicted octanol–water partition coefficient (Wildman–Crippen LogP) is -0.489. The Morgan fingerprint density at radius 3 is 3.08 bits per heavy atom. The Hall–Kier alpha value is -1.07. The van der Waals surface area contributed by atoms with Gasteiger partial charge in [-0.15, -0.1) is 5.10 Å². The molecular formula is C8H15N3O2. The van der Waals surface area contributed by atoms with Gasteiger partial charge in [0.15, 0.2) is 0 Å². The molecule has 5 nitrogen and oxygen atoms in total. The van der Waals surface area contributed by atoms with Crippen molar-refractivity contribution in [2.45, 2.75) is 6.54 Å². The topological polar surface area (TPSA) is 59.3 Å². The van der Waals surface area contributed by atoms with Crippen LogP contribution in [0.3, 0.4) is 0 Å². The summed E-state index contributed by atoms with van der Waals surface area (Å²) in [4.78, 5) is 0. The Balaban J connectivity index is 2.53. The lowest BCUT2D eigenvalue weighted by Crippen LogP contribution is -2.17. The zero-order valence-electron chi connectivity index (χ0n) is 7.95. The van der Waals surface area contributed by atoms with Gasteiger partial charge in [0, 0.05) is 31.9 Å². The molecular weight excluding hydrogens is 170 g/mol. The highest BCUT2D eigenvalue weighted by Gasteiger charge is 2.06. The van der Waals surface area contributed by atoms with E-state index >= 15 is 0 Å². The minimum absolute atomic E-state index is 0.141. The van der Waals surface area contributed by atoms with Crippen molar-refractivity contribution >= 4 is 0 Å². The molecule has 0 atom stereocenters. The molecule has 1 aromatic heterocycles. The molecule has 0 unspecified atom stereocenters. The highest BCUT2D eigenvalue weighted by atomic mass is 16.5. The summed E-state index contributed by atoms with van der Waals surface area (Å²) in [6.07, 6.45) is 1.89. The quantitative estimate of drug-likeness (QED) is 0.608. The van der Waals surface area contributed by atoms with Crippen molar-refractivity contribution in [3.05, 3.63) is 11.8 Å². The molecule has 0 amide bonds. The summed E-state index contributed by atoms with van der Waals surface area (Å²) in [5.74, 6) is 0.632. The smallest absolute Gasteiger partial charge is 0.237 e. The third kappa shape index (κ3) is 2.71. The van der Waals surface area contributed by atoms with E-state index in [4.69, 9.17) is 9.84 Å². The molecule has 1 heterocycles. The van der Waals surface area contributed by atoms with Crippen LogP contribution in [0.5, 0.6) is 5.88 Å². The molecule has 0 aliphatic heterocycles. The number of nitrogens with zero attached hydrogens (tertiary/aromatic N) is 2. The number of ether oxygens (including phenoxy) is 1. The number of methoxy groups -OCH3 is 1. The molecule has 1 rings (SSSR count). The van der Waals surface area contributed by atoms with E-state index in [1.165, 1.54) is 0 Å². The third-order valence-electron chi connectivity index (χ3n) is 1.66. The minimum Gasteiger partial charge on any atom is -0.480 e. The van der Waals surface area contributed by atoms with Crippen molar-refractivity contribution in [3.8, 4) is 5.88 Å². The summed E-state index contributed by atoms with van der Waals surface area (Å²) in [6, 6.07) is 0. The van der Waals surface area contributed by atoms with Gasteiger partial charge in [-0.2, -0.15) is 0 Å². The summed E-state index contributed by atoms with van der Waals surface area (Å²) < 4.78 is 6.77. The summed E-state index contributed by atoms with van der Waals surface area (Å²) in [7, 11) is 3.44. The average Bonchev–Trinajstić information content (AvgIpc) is 2.47. The lowest BCUT2D eigenvalue weighted by atomic mass is 10.3. The molecule has 74 valence electrons. The maximum atomic E-state index is 8.56. The van der Waals surface area contributed by atoms with E-state index in [-0.39, 0.29) is 6.61 Å². The fourth-order valence-corrected chi connectivity index (χ4v) is 1.11. The van der Waals surface area contributed by atoms with Crippen molar-refractivity contribution in [3.63, 3.8) is 0 Å². The number of hydrogen-bond acceptors (Lipinski definition) is 4. The Morgan fingerprint density at radius 1 is 1.69 bits per heavy atom.